The quantitative estimate of drug-likeness (QED) is 0.668. The number of aromatic nitrogens is 2. The number of aryl methyl sites for hydroxylation is 3. The van der Waals surface area contributed by atoms with Gasteiger partial charge in [-0.1, -0.05) is 42.0 Å². The van der Waals surface area contributed by atoms with E-state index in [1.165, 1.54) is 16.7 Å². The van der Waals surface area contributed by atoms with Gasteiger partial charge in [0.05, 0.1) is 0 Å². The summed E-state index contributed by atoms with van der Waals surface area (Å²) in [5.41, 5.74) is 5.82. The Morgan fingerprint density at radius 2 is 1.62 bits per heavy atom. The maximum atomic E-state index is 4.75. The van der Waals surface area contributed by atoms with E-state index in [1.54, 1.807) is 0 Å². The summed E-state index contributed by atoms with van der Waals surface area (Å²) in [6, 6.07) is 19.0. The third-order valence-corrected chi connectivity index (χ3v) is 4.28. The number of nitrogens with one attached hydrogen (secondary N) is 1. The van der Waals surface area contributed by atoms with Gasteiger partial charge in [0.1, 0.15) is 5.82 Å². The number of hydrogen-bond acceptors (Lipinski definition) is 4. The van der Waals surface area contributed by atoms with Crippen molar-refractivity contribution in [3.63, 3.8) is 0 Å². The molecule has 0 saturated heterocycles. The Kier molecular flexibility index (Phi) is 5.52. The van der Waals surface area contributed by atoms with Crippen LogP contribution in [-0.4, -0.2) is 16.5 Å². The largest absolute Gasteiger partial charge is 0.350 e. The van der Waals surface area contributed by atoms with Crippen LogP contribution >= 0.6 is 0 Å². The highest BCUT2D eigenvalue weighted by molar-refractivity contribution is 5.61. The van der Waals surface area contributed by atoms with Crippen LogP contribution in [0, 0.1) is 20.8 Å². The first kappa shape index (κ1) is 17.9. The highest BCUT2D eigenvalue weighted by Crippen LogP contribution is 2.25. The number of hydrogen-bond donors (Lipinski definition) is 1. The Labute approximate surface area is 155 Å². The third-order valence-electron chi connectivity index (χ3n) is 4.28. The molecule has 0 spiro atoms. The smallest absolute Gasteiger partial charge is 0.225 e. The lowest BCUT2D eigenvalue weighted by Gasteiger charge is -2.23. The monoisotopic (exact) mass is 346 g/mol. The minimum absolute atomic E-state index is 0.660. The van der Waals surface area contributed by atoms with Crippen molar-refractivity contribution in [1.82, 2.24) is 9.97 Å². The van der Waals surface area contributed by atoms with Crippen LogP contribution in [0.4, 0.5) is 17.5 Å². The summed E-state index contributed by atoms with van der Waals surface area (Å²) >= 11 is 0. The van der Waals surface area contributed by atoms with Crippen molar-refractivity contribution < 1.29 is 0 Å². The zero-order valence-corrected chi connectivity index (χ0v) is 16.0. The van der Waals surface area contributed by atoms with Gasteiger partial charge in [0.25, 0.3) is 0 Å². The molecule has 0 aliphatic heterocycles. The minimum atomic E-state index is 0.660. The predicted octanol–water partition coefficient (Wildman–Crippen LogP) is 5.17. The molecule has 0 saturated carbocycles. The number of anilines is 3. The zero-order chi connectivity index (χ0) is 18.5. The van der Waals surface area contributed by atoms with E-state index in [0.29, 0.717) is 12.5 Å². The van der Waals surface area contributed by atoms with Crippen LogP contribution in [0.2, 0.25) is 0 Å². The first-order valence-corrected chi connectivity index (χ1v) is 9.04. The number of rotatable bonds is 6. The molecule has 1 N–H and O–H groups in total. The van der Waals surface area contributed by atoms with E-state index >= 15 is 0 Å². The second kappa shape index (κ2) is 8.00. The molecule has 0 amide bonds. The molecule has 26 heavy (non-hydrogen) atoms. The fourth-order valence-corrected chi connectivity index (χ4v) is 3.05. The van der Waals surface area contributed by atoms with Gasteiger partial charge in [-0.05, 0) is 51.0 Å². The minimum Gasteiger partial charge on any atom is -0.350 e. The SMILES string of the molecule is CCN(c1cccc(C)c1)c1cc(C)nc(NCc2cccc(C)c2)n1. The maximum Gasteiger partial charge on any atom is 0.225 e. The lowest BCUT2D eigenvalue weighted by molar-refractivity contribution is 0.954. The van der Waals surface area contributed by atoms with E-state index in [2.05, 4.69) is 84.5 Å². The first-order valence-electron chi connectivity index (χ1n) is 9.04. The summed E-state index contributed by atoms with van der Waals surface area (Å²) in [6.07, 6.45) is 0. The summed E-state index contributed by atoms with van der Waals surface area (Å²) in [5.74, 6) is 1.57. The Bertz CT molecular complexity index is 889. The second-order valence-corrected chi connectivity index (χ2v) is 6.62. The molecule has 134 valence electrons. The van der Waals surface area contributed by atoms with Gasteiger partial charge in [0.15, 0.2) is 0 Å². The fourth-order valence-electron chi connectivity index (χ4n) is 3.05. The van der Waals surface area contributed by atoms with Gasteiger partial charge in [-0.25, -0.2) is 4.98 Å². The number of benzene rings is 2. The van der Waals surface area contributed by atoms with E-state index in [-0.39, 0.29) is 0 Å². The molecule has 0 atom stereocenters. The van der Waals surface area contributed by atoms with Crippen molar-refractivity contribution in [3.05, 3.63) is 77.0 Å². The average Bonchev–Trinajstić information content (AvgIpc) is 2.60. The molecule has 0 unspecified atom stereocenters. The van der Waals surface area contributed by atoms with Crippen LogP contribution in [0.25, 0.3) is 0 Å². The topological polar surface area (TPSA) is 41.1 Å². The van der Waals surface area contributed by atoms with Crippen LogP contribution in [0.3, 0.4) is 0 Å². The molecule has 0 aliphatic carbocycles. The number of nitrogens with zero attached hydrogens (tertiary/aromatic N) is 3. The van der Waals surface area contributed by atoms with E-state index in [4.69, 9.17) is 4.98 Å². The molecule has 3 rings (SSSR count). The highest BCUT2D eigenvalue weighted by atomic mass is 15.2. The van der Waals surface area contributed by atoms with Crippen molar-refractivity contribution in [3.8, 4) is 0 Å². The molecule has 0 radical (unpaired) electrons. The van der Waals surface area contributed by atoms with E-state index in [9.17, 15) is 0 Å². The van der Waals surface area contributed by atoms with Crippen LogP contribution in [0.1, 0.15) is 29.3 Å². The predicted molar refractivity (Wildman–Crippen MR) is 109 cm³/mol. The van der Waals surface area contributed by atoms with E-state index in [1.807, 2.05) is 13.0 Å². The molecule has 2 aromatic carbocycles. The first-order chi connectivity index (χ1) is 12.5. The van der Waals surface area contributed by atoms with Gasteiger partial charge >= 0.3 is 0 Å². The molecular weight excluding hydrogens is 320 g/mol. The normalized spacial score (nSPS) is 10.6. The fraction of sp³-hybridized carbons (Fsp3) is 0.273. The van der Waals surface area contributed by atoms with Crippen LogP contribution in [0.5, 0.6) is 0 Å². The molecule has 1 heterocycles. The summed E-state index contributed by atoms with van der Waals surface area (Å²) in [7, 11) is 0. The summed E-state index contributed by atoms with van der Waals surface area (Å²) in [4.78, 5) is 11.5. The molecule has 4 heteroatoms. The Balaban J connectivity index is 1.84. The van der Waals surface area contributed by atoms with Crippen molar-refractivity contribution >= 4 is 17.5 Å². The van der Waals surface area contributed by atoms with Gasteiger partial charge in [0, 0.05) is 30.5 Å². The van der Waals surface area contributed by atoms with Crippen LogP contribution < -0.4 is 10.2 Å². The molecule has 0 aliphatic rings. The van der Waals surface area contributed by atoms with Crippen LogP contribution in [-0.2, 0) is 6.54 Å². The molecule has 3 aromatic rings. The van der Waals surface area contributed by atoms with Gasteiger partial charge < -0.3 is 10.2 Å². The van der Waals surface area contributed by atoms with Crippen molar-refractivity contribution in [2.24, 2.45) is 0 Å². The third kappa shape index (κ3) is 4.39. The van der Waals surface area contributed by atoms with E-state index in [0.717, 1.165) is 23.7 Å². The van der Waals surface area contributed by atoms with Gasteiger partial charge in [-0.3, -0.25) is 0 Å². The molecule has 1 aromatic heterocycles. The van der Waals surface area contributed by atoms with Gasteiger partial charge in [-0.2, -0.15) is 4.98 Å². The second-order valence-electron chi connectivity index (χ2n) is 6.62. The highest BCUT2D eigenvalue weighted by Gasteiger charge is 2.11. The Morgan fingerprint density at radius 1 is 0.885 bits per heavy atom. The molecule has 4 nitrogen and oxygen atoms in total. The lowest BCUT2D eigenvalue weighted by atomic mass is 10.1. The summed E-state index contributed by atoms with van der Waals surface area (Å²) < 4.78 is 0. The molecule has 0 bridgehead atoms. The average molecular weight is 346 g/mol. The standard InChI is InChI=1S/C22H26N4/c1-5-26(20-11-7-9-17(3)13-20)21-14-18(4)24-22(25-21)23-15-19-10-6-8-16(2)12-19/h6-14H,5,15H2,1-4H3,(H,23,24,25). The Hall–Kier alpha value is -2.88. The molecule has 0 fully saturated rings. The zero-order valence-electron chi connectivity index (χ0n) is 16.0. The lowest BCUT2D eigenvalue weighted by Crippen LogP contribution is -2.19. The maximum absolute atomic E-state index is 4.75. The van der Waals surface area contributed by atoms with Gasteiger partial charge in [-0.15, -0.1) is 0 Å². The summed E-state index contributed by atoms with van der Waals surface area (Å²) in [6.45, 7) is 9.91. The van der Waals surface area contributed by atoms with Crippen molar-refractivity contribution in [1.29, 1.82) is 0 Å². The van der Waals surface area contributed by atoms with Crippen LogP contribution in [0.15, 0.2) is 54.6 Å². The van der Waals surface area contributed by atoms with Crippen molar-refractivity contribution in [2.75, 3.05) is 16.8 Å². The summed E-state index contributed by atoms with van der Waals surface area (Å²) in [5, 5.41) is 3.36. The van der Waals surface area contributed by atoms with Gasteiger partial charge in [0.2, 0.25) is 5.95 Å². The molecular formula is C22H26N4. The van der Waals surface area contributed by atoms with E-state index < -0.39 is 0 Å². The Morgan fingerprint density at radius 3 is 2.31 bits per heavy atom. The van der Waals surface area contributed by atoms with Crippen molar-refractivity contribution in [2.45, 2.75) is 34.2 Å².